The van der Waals surface area contributed by atoms with Crippen LogP contribution in [0, 0.1) is 0 Å². The summed E-state index contributed by atoms with van der Waals surface area (Å²) < 4.78 is 8.25. The average molecular weight is 87.9 g/mol. The van der Waals surface area contributed by atoms with Crippen LogP contribution in [0.15, 0.2) is 0 Å². The standard InChI is InChI=1S/CH4.Li.O.Ti.H/h1H4;;;;/q;+1;;;-1. The topological polar surface area (TPSA) is 17.1 Å². The molecule has 0 fully saturated rings. The minimum atomic E-state index is 0. The third-order valence-corrected chi connectivity index (χ3v) is 0. The Morgan fingerprint density at radius 3 is 1.50 bits per heavy atom. The van der Waals surface area contributed by atoms with Crippen LogP contribution in [0.1, 0.15) is 8.85 Å². The van der Waals surface area contributed by atoms with Gasteiger partial charge in [-0.15, -0.1) is 0 Å². The van der Waals surface area contributed by atoms with Gasteiger partial charge in [-0.1, -0.05) is 7.43 Å². The van der Waals surface area contributed by atoms with Gasteiger partial charge in [0.25, 0.3) is 0 Å². The molecular weight excluding hydrogens is 82.8 g/mol. The van der Waals surface area contributed by atoms with Gasteiger partial charge in [0, 0.05) is 0 Å². The molecule has 0 heterocycles. The molecule has 0 aliphatic carbocycles. The first-order chi connectivity index (χ1) is 1.00. The Balaban J connectivity index is -0.00000000167. The molecule has 0 spiro atoms. The van der Waals surface area contributed by atoms with Crippen molar-refractivity contribution in [2.45, 2.75) is 7.43 Å². The van der Waals surface area contributed by atoms with Gasteiger partial charge in [-0.05, 0) is 0 Å². The van der Waals surface area contributed by atoms with Crippen LogP contribution < -0.4 is 18.9 Å². The van der Waals surface area contributed by atoms with Gasteiger partial charge in [-0.2, -0.15) is 0 Å². The summed E-state index contributed by atoms with van der Waals surface area (Å²) in [6.45, 7) is 0. The van der Waals surface area contributed by atoms with E-state index >= 15 is 0 Å². The van der Waals surface area contributed by atoms with E-state index in [1.807, 2.05) is 0 Å². The molecule has 20 valence electrons. The van der Waals surface area contributed by atoms with Gasteiger partial charge < -0.3 is 1.43 Å². The van der Waals surface area contributed by atoms with E-state index in [1.54, 1.807) is 0 Å². The molecule has 0 rings (SSSR count). The molecule has 0 aromatic rings. The average Bonchev–Trinajstić information content (AvgIpc) is 1.00. The van der Waals surface area contributed by atoms with Gasteiger partial charge in [-0.3, -0.25) is 0 Å². The zero-order chi connectivity index (χ0) is 2.00. The Hall–Kier alpha value is 1.11. The second-order valence-electron chi connectivity index (χ2n) is 0. The monoisotopic (exact) mass is 88.0 g/mol. The van der Waals surface area contributed by atoms with E-state index < -0.39 is 0 Å². The predicted molar refractivity (Wildman–Crippen MR) is 8.53 cm³/mol. The molecule has 0 saturated carbocycles. The summed E-state index contributed by atoms with van der Waals surface area (Å²) in [4.78, 5) is 0. The zero-order valence-corrected chi connectivity index (χ0v) is 3.47. The quantitative estimate of drug-likeness (QED) is 0.302. The molecule has 1 nitrogen and oxygen atoms in total. The maximum absolute atomic E-state index is 8.25. The van der Waals surface area contributed by atoms with Gasteiger partial charge in [-0.25, -0.2) is 0 Å². The summed E-state index contributed by atoms with van der Waals surface area (Å²) in [5.41, 5.74) is 0. The first-order valence-corrected chi connectivity index (χ1v) is 0.842. The van der Waals surface area contributed by atoms with Crippen LogP contribution in [-0.2, 0) is 23.7 Å². The van der Waals surface area contributed by atoms with E-state index in [2.05, 4.69) is 0 Å². The van der Waals surface area contributed by atoms with Gasteiger partial charge >= 0.3 is 42.6 Å². The van der Waals surface area contributed by atoms with Crippen molar-refractivity contribution in [3.63, 3.8) is 0 Å². The molecule has 0 bridgehead atoms. The van der Waals surface area contributed by atoms with Gasteiger partial charge in [0.15, 0.2) is 0 Å². The summed E-state index contributed by atoms with van der Waals surface area (Å²) in [6.07, 6.45) is 0. The summed E-state index contributed by atoms with van der Waals surface area (Å²) >= 11 is 0.750. The van der Waals surface area contributed by atoms with Crippen LogP contribution in [0.5, 0.6) is 0 Å². The molecule has 4 heavy (non-hydrogen) atoms. The molecule has 0 unspecified atom stereocenters. The van der Waals surface area contributed by atoms with E-state index in [4.69, 9.17) is 3.32 Å². The summed E-state index contributed by atoms with van der Waals surface area (Å²) in [6, 6.07) is 0. The molecule has 0 amide bonds. The van der Waals surface area contributed by atoms with Crippen molar-refractivity contribution >= 4 is 0 Å². The second kappa shape index (κ2) is 32.2. The van der Waals surface area contributed by atoms with E-state index in [1.165, 1.54) is 0 Å². The van der Waals surface area contributed by atoms with Crippen molar-refractivity contribution in [2.75, 3.05) is 0 Å². The van der Waals surface area contributed by atoms with Crippen molar-refractivity contribution < 1.29 is 44.0 Å². The zero-order valence-electron chi connectivity index (χ0n) is 2.91. The Morgan fingerprint density at radius 2 is 1.50 bits per heavy atom. The molecular formula is CH5LiOTi. The fraction of sp³-hybridized carbons (Fsp3) is 1.00. The third-order valence-electron chi connectivity index (χ3n) is 0. The van der Waals surface area contributed by atoms with Crippen LogP contribution in [-0.4, -0.2) is 0 Å². The number of hydrogen-bond acceptors (Lipinski definition) is 1. The molecule has 0 saturated heterocycles. The van der Waals surface area contributed by atoms with Crippen LogP contribution in [0.2, 0.25) is 0 Å². The molecule has 0 atom stereocenters. The van der Waals surface area contributed by atoms with Crippen molar-refractivity contribution in [1.29, 1.82) is 0 Å². The van der Waals surface area contributed by atoms with Gasteiger partial charge in [0.05, 0.1) is 0 Å². The normalized spacial score (nSPS) is 0.750. The molecule has 0 aliphatic rings. The molecule has 0 aromatic heterocycles. The molecule has 0 aliphatic heterocycles. The third kappa shape index (κ3) is 11.2. The fourth-order valence-electron chi connectivity index (χ4n) is 0. The van der Waals surface area contributed by atoms with E-state index in [-0.39, 0.29) is 27.7 Å². The van der Waals surface area contributed by atoms with Crippen LogP contribution in [0.3, 0.4) is 0 Å². The molecule has 0 radical (unpaired) electrons. The summed E-state index contributed by atoms with van der Waals surface area (Å²) in [5.74, 6) is 0. The Morgan fingerprint density at radius 1 is 1.50 bits per heavy atom. The number of rotatable bonds is 0. The first-order valence-electron chi connectivity index (χ1n) is 0.204. The first kappa shape index (κ1) is 19.4. The Kier molecular flexibility index (Phi) is 156. The predicted octanol–water partition coefficient (Wildman–Crippen LogP) is -2.37. The van der Waals surface area contributed by atoms with Crippen LogP contribution in [0.25, 0.3) is 0 Å². The van der Waals surface area contributed by atoms with Gasteiger partial charge in [0.1, 0.15) is 0 Å². The van der Waals surface area contributed by atoms with Crippen LogP contribution in [0.4, 0.5) is 0 Å². The summed E-state index contributed by atoms with van der Waals surface area (Å²) in [7, 11) is 0. The van der Waals surface area contributed by atoms with E-state index in [9.17, 15) is 0 Å². The molecule has 0 aromatic carbocycles. The van der Waals surface area contributed by atoms with Crippen molar-refractivity contribution in [3.05, 3.63) is 0 Å². The number of hydrogen-bond donors (Lipinski definition) is 0. The van der Waals surface area contributed by atoms with Crippen molar-refractivity contribution in [3.8, 4) is 0 Å². The SMILES string of the molecule is C.[H-].[Li+].[O]=[Ti]. The fourth-order valence-corrected chi connectivity index (χ4v) is 0. The molecule has 0 N–H and O–H groups in total. The van der Waals surface area contributed by atoms with Gasteiger partial charge in [0.2, 0.25) is 0 Å². The second-order valence-corrected chi connectivity index (χ2v) is 0. The Bertz CT molecular complexity index is 11.6. The van der Waals surface area contributed by atoms with Crippen molar-refractivity contribution in [1.82, 2.24) is 0 Å². The van der Waals surface area contributed by atoms with Crippen molar-refractivity contribution in [2.24, 2.45) is 0 Å². The minimum absolute atomic E-state index is 0. The maximum atomic E-state index is 8.25. The molecule has 3 heteroatoms. The Labute approximate surface area is 51.5 Å². The summed E-state index contributed by atoms with van der Waals surface area (Å²) in [5, 5.41) is 0. The van der Waals surface area contributed by atoms with Crippen LogP contribution >= 0.6 is 0 Å². The van der Waals surface area contributed by atoms with E-state index in [0.717, 1.165) is 20.4 Å². The van der Waals surface area contributed by atoms with E-state index in [0.29, 0.717) is 0 Å².